The van der Waals surface area contributed by atoms with E-state index in [0.29, 0.717) is 11.5 Å². The standard InChI is InChI=1S/C14H17N5O2/c1-10-13(21-9-17-10)14(20)18-12-3-2-11(8-16-12)19-6-4-15-5-7-19/h2-3,8-9,15H,4-7H2,1H3,(H,16,18,20). The molecular weight excluding hydrogens is 270 g/mol. The number of pyridine rings is 1. The highest BCUT2D eigenvalue weighted by Gasteiger charge is 2.15. The van der Waals surface area contributed by atoms with E-state index in [1.807, 2.05) is 6.07 Å². The molecule has 0 aliphatic carbocycles. The van der Waals surface area contributed by atoms with Crippen LogP contribution in [0.25, 0.3) is 0 Å². The molecule has 0 bridgehead atoms. The van der Waals surface area contributed by atoms with Crippen LogP contribution in [-0.2, 0) is 0 Å². The molecule has 0 radical (unpaired) electrons. The summed E-state index contributed by atoms with van der Waals surface area (Å²) >= 11 is 0. The summed E-state index contributed by atoms with van der Waals surface area (Å²) in [5.41, 5.74) is 1.62. The SMILES string of the molecule is Cc1ncoc1C(=O)Nc1ccc(N2CCNCC2)cn1. The number of anilines is 2. The van der Waals surface area contributed by atoms with Gasteiger partial charge in [0.05, 0.1) is 17.6 Å². The fourth-order valence-corrected chi connectivity index (χ4v) is 2.26. The Labute approximate surface area is 122 Å². The van der Waals surface area contributed by atoms with Crippen LogP contribution in [0.5, 0.6) is 0 Å². The maximum absolute atomic E-state index is 12.0. The number of amides is 1. The van der Waals surface area contributed by atoms with Crippen LogP contribution in [0.2, 0.25) is 0 Å². The van der Waals surface area contributed by atoms with E-state index in [2.05, 4.69) is 25.5 Å². The Morgan fingerprint density at radius 2 is 2.14 bits per heavy atom. The topological polar surface area (TPSA) is 83.3 Å². The van der Waals surface area contributed by atoms with Crippen LogP contribution in [0.3, 0.4) is 0 Å². The molecular formula is C14H17N5O2. The first-order chi connectivity index (χ1) is 10.2. The smallest absolute Gasteiger partial charge is 0.294 e. The Bertz CT molecular complexity index is 617. The third-order valence-corrected chi connectivity index (χ3v) is 3.42. The van der Waals surface area contributed by atoms with Gasteiger partial charge in [-0.3, -0.25) is 4.79 Å². The molecule has 7 heteroatoms. The largest absolute Gasteiger partial charge is 0.438 e. The molecule has 2 aromatic rings. The van der Waals surface area contributed by atoms with Gasteiger partial charge in [-0.05, 0) is 19.1 Å². The van der Waals surface area contributed by atoms with Crippen molar-refractivity contribution in [2.45, 2.75) is 6.92 Å². The van der Waals surface area contributed by atoms with Crippen molar-refractivity contribution in [1.29, 1.82) is 0 Å². The summed E-state index contributed by atoms with van der Waals surface area (Å²) in [6.45, 7) is 5.60. The summed E-state index contributed by atoms with van der Waals surface area (Å²) in [5, 5.41) is 6.01. The zero-order valence-electron chi connectivity index (χ0n) is 11.8. The quantitative estimate of drug-likeness (QED) is 0.877. The summed E-state index contributed by atoms with van der Waals surface area (Å²) in [4.78, 5) is 22.4. The van der Waals surface area contributed by atoms with E-state index in [4.69, 9.17) is 4.42 Å². The summed E-state index contributed by atoms with van der Waals surface area (Å²) < 4.78 is 5.05. The van der Waals surface area contributed by atoms with Crippen molar-refractivity contribution >= 4 is 17.4 Å². The van der Waals surface area contributed by atoms with Crippen LogP contribution in [-0.4, -0.2) is 42.1 Å². The molecule has 0 aromatic carbocycles. The molecule has 21 heavy (non-hydrogen) atoms. The molecule has 3 rings (SSSR count). The number of nitrogens with zero attached hydrogens (tertiary/aromatic N) is 3. The Morgan fingerprint density at radius 1 is 1.33 bits per heavy atom. The molecule has 0 spiro atoms. The third kappa shape index (κ3) is 3.03. The Balaban J connectivity index is 1.67. The normalized spacial score (nSPS) is 15.0. The predicted molar refractivity (Wildman–Crippen MR) is 78.5 cm³/mol. The number of carbonyl (C=O) groups excluding carboxylic acids is 1. The molecule has 0 saturated carbocycles. The van der Waals surface area contributed by atoms with Crippen LogP contribution in [0.1, 0.15) is 16.2 Å². The van der Waals surface area contributed by atoms with Crippen molar-refractivity contribution in [3.8, 4) is 0 Å². The van der Waals surface area contributed by atoms with Crippen molar-refractivity contribution in [2.24, 2.45) is 0 Å². The number of nitrogens with one attached hydrogen (secondary N) is 2. The molecule has 1 amide bonds. The number of carbonyl (C=O) groups is 1. The van der Waals surface area contributed by atoms with E-state index in [1.54, 1.807) is 19.2 Å². The van der Waals surface area contributed by atoms with Gasteiger partial charge >= 0.3 is 0 Å². The lowest BCUT2D eigenvalue weighted by atomic mass is 10.3. The van der Waals surface area contributed by atoms with Gasteiger partial charge in [0.2, 0.25) is 5.76 Å². The van der Waals surface area contributed by atoms with Crippen molar-refractivity contribution < 1.29 is 9.21 Å². The van der Waals surface area contributed by atoms with Gasteiger partial charge in [-0.25, -0.2) is 9.97 Å². The molecule has 1 aliphatic rings. The number of oxazole rings is 1. The predicted octanol–water partition coefficient (Wildman–Crippen LogP) is 1.04. The molecule has 1 fully saturated rings. The second-order valence-electron chi connectivity index (χ2n) is 4.86. The van der Waals surface area contributed by atoms with Crippen molar-refractivity contribution in [3.05, 3.63) is 36.2 Å². The van der Waals surface area contributed by atoms with Gasteiger partial charge in [0.1, 0.15) is 5.82 Å². The molecule has 0 atom stereocenters. The van der Waals surface area contributed by atoms with Crippen molar-refractivity contribution in [2.75, 3.05) is 36.4 Å². The van der Waals surface area contributed by atoms with Crippen LogP contribution >= 0.6 is 0 Å². The first-order valence-corrected chi connectivity index (χ1v) is 6.87. The maximum atomic E-state index is 12.0. The number of aromatic nitrogens is 2. The van der Waals surface area contributed by atoms with E-state index >= 15 is 0 Å². The second-order valence-corrected chi connectivity index (χ2v) is 4.86. The number of aryl methyl sites for hydroxylation is 1. The van der Waals surface area contributed by atoms with Crippen LogP contribution in [0.15, 0.2) is 29.1 Å². The summed E-state index contributed by atoms with van der Waals surface area (Å²) in [6, 6.07) is 3.75. The first kappa shape index (κ1) is 13.6. The van der Waals surface area contributed by atoms with Gasteiger partial charge in [0, 0.05) is 26.2 Å². The highest BCUT2D eigenvalue weighted by Crippen LogP contribution is 2.16. The molecule has 0 unspecified atom stereocenters. The molecule has 110 valence electrons. The van der Waals surface area contributed by atoms with Gasteiger partial charge in [0.25, 0.3) is 5.91 Å². The monoisotopic (exact) mass is 287 g/mol. The molecule has 3 heterocycles. The van der Waals surface area contributed by atoms with Gasteiger partial charge in [-0.15, -0.1) is 0 Å². The average Bonchev–Trinajstić information content (AvgIpc) is 2.95. The first-order valence-electron chi connectivity index (χ1n) is 6.87. The molecule has 2 aromatic heterocycles. The minimum atomic E-state index is -0.340. The Hall–Kier alpha value is -2.41. The lowest BCUT2D eigenvalue weighted by Gasteiger charge is -2.29. The van der Waals surface area contributed by atoms with E-state index in [9.17, 15) is 4.79 Å². The number of hydrogen-bond acceptors (Lipinski definition) is 6. The number of piperazine rings is 1. The maximum Gasteiger partial charge on any atom is 0.294 e. The molecule has 2 N–H and O–H groups in total. The van der Waals surface area contributed by atoms with Gasteiger partial charge in [0.15, 0.2) is 6.39 Å². The van der Waals surface area contributed by atoms with Crippen LogP contribution in [0.4, 0.5) is 11.5 Å². The fourth-order valence-electron chi connectivity index (χ4n) is 2.26. The van der Waals surface area contributed by atoms with Crippen LogP contribution in [0, 0.1) is 6.92 Å². The minimum absolute atomic E-state index is 0.211. The zero-order valence-corrected chi connectivity index (χ0v) is 11.8. The number of hydrogen-bond donors (Lipinski definition) is 2. The average molecular weight is 287 g/mol. The Kier molecular flexibility index (Phi) is 3.83. The van der Waals surface area contributed by atoms with Gasteiger partial charge < -0.3 is 20.0 Å². The zero-order chi connectivity index (χ0) is 14.7. The lowest BCUT2D eigenvalue weighted by Crippen LogP contribution is -2.43. The molecule has 1 aliphatic heterocycles. The van der Waals surface area contributed by atoms with Crippen molar-refractivity contribution in [3.63, 3.8) is 0 Å². The summed E-state index contributed by atoms with van der Waals surface area (Å²) in [5.74, 6) is 0.366. The van der Waals surface area contributed by atoms with Gasteiger partial charge in [-0.1, -0.05) is 0 Å². The van der Waals surface area contributed by atoms with Crippen LogP contribution < -0.4 is 15.5 Å². The molecule has 1 saturated heterocycles. The number of rotatable bonds is 3. The highest BCUT2D eigenvalue weighted by molar-refractivity contribution is 6.02. The minimum Gasteiger partial charge on any atom is -0.438 e. The van der Waals surface area contributed by atoms with E-state index in [-0.39, 0.29) is 11.7 Å². The van der Waals surface area contributed by atoms with E-state index in [0.717, 1.165) is 31.9 Å². The van der Waals surface area contributed by atoms with Crippen molar-refractivity contribution in [1.82, 2.24) is 15.3 Å². The lowest BCUT2D eigenvalue weighted by molar-refractivity contribution is 0.0995. The Morgan fingerprint density at radius 3 is 2.76 bits per heavy atom. The second kappa shape index (κ2) is 5.92. The van der Waals surface area contributed by atoms with E-state index in [1.165, 1.54) is 6.39 Å². The molecule has 7 nitrogen and oxygen atoms in total. The third-order valence-electron chi connectivity index (χ3n) is 3.42. The van der Waals surface area contributed by atoms with Gasteiger partial charge in [-0.2, -0.15) is 0 Å². The summed E-state index contributed by atoms with van der Waals surface area (Å²) in [6.07, 6.45) is 3.03. The fraction of sp³-hybridized carbons (Fsp3) is 0.357. The highest BCUT2D eigenvalue weighted by atomic mass is 16.3. The summed E-state index contributed by atoms with van der Waals surface area (Å²) in [7, 11) is 0. The van der Waals surface area contributed by atoms with E-state index < -0.39 is 0 Å².